The number of hydrogen-bond acceptors (Lipinski definition) is 6. The third-order valence-corrected chi connectivity index (χ3v) is 5.36. The molecule has 1 saturated heterocycles. The van der Waals surface area contributed by atoms with E-state index in [4.69, 9.17) is 9.90 Å². The van der Waals surface area contributed by atoms with Crippen LogP contribution in [0.3, 0.4) is 0 Å². The van der Waals surface area contributed by atoms with Gasteiger partial charge in [0, 0.05) is 0 Å². The normalized spacial score (nSPS) is 18.0. The predicted octanol–water partition coefficient (Wildman–Crippen LogP) is 0.938. The van der Waals surface area contributed by atoms with Crippen molar-refractivity contribution >= 4 is 33.2 Å². The van der Waals surface area contributed by atoms with E-state index in [-0.39, 0.29) is 10.3 Å². The van der Waals surface area contributed by atoms with Gasteiger partial charge in [-0.3, -0.25) is 4.79 Å². The Morgan fingerprint density at radius 3 is 2.39 bits per heavy atom. The minimum absolute atomic E-state index is 0.166. The van der Waals surface area contributed by atoms with Crippen LogP contribution in [0, 0.1) is 0 Å². The number of amides is 1. The molecule has 130 valence electrons. The zero-order chi connectivity index (χ0) is 17.7. The van der Waals surface area contributed by atoms with Gasteiger partial charge < -0.3 is 10.4 Å². The van der Waals surface area contributed by atoms with Crippen molar-refractivity contribution in [1.29, 1.82) is 0 Å². The Morgan fingerprint density at radius 1 is 1.39 bits per heavy atom. The van der Waals surface area contributed by atoms with Crippen LogP contribution in [0.1, 0.15) is 12.8 Å². The maximum absolute atomic E-state index is 11.7. The number of rotatable bonds is 3. The minimum atomic E-state index is -5.08. The van der Waals surface area contributed by atoms with E-state index in [1.807, 2.05) is 0 Å². The summed E-state index contributed by atoms with van der Waals surface area (Å²) in [4.78, 5) is 20.5. The Balaban J connectivity index is 0.000000322. The molecule has 3 N–H and O–H groups in total. The van der Waals surface area contributed by atoms with Crippen LogP contribution in [-0.4, -0.2) is 44.2 Å². The number of thiophene rings is 1. The summed E-state index contributed by atoms with van der Waals surface area (Å²) in [6.45, 7) is 0.761. The van der Waals surface area contributed by atoms with E-state index in [1.54, 1.807) is 11.4 Å². The first-order chi connectivity index (χ1) is 10.5. The summed E-state index contributed by atoms with van der Waals surface area (Å²) in [5.41, 5.74) is 0. The minimum Gasteiger partial charge on any atom is -0.475 e. The smallest absolute Gasteiger partial charge is 0.475 e. The Morgan fingerprint density at radius 2 is 2.00 bits per heavy atom. The fourth-order valence-electron chi connectivity index (χ4n) is 1.58. The van der Waals surface area contributed by atoms with Crippen LogP contribution >= 0.6 is 11.3 Å². The predicted molar refractivity (Wildman–Crippen MR) is 74.4 cm³/mol. The Labute approximate surface area is 133 Å². The quantitative estimate of drug-likeness (QED) is 0.726. The molecule has 2 rings (SSSR count). The number of carboxylic acids is 1. The molecule has 1 atom stereocenters. The molecule has 1 unspecified atom stereocenters. The van der Waals surface area contributed by atoms with Crippen LogP contribution in [-0.2, 0) is 19.6 Å². The van der Waals surface area contributed by atoms with Gasteiger partial charge in [0.05, 0.1) is 6.04 Å². The van der Waals surface area contributed by atoms with E-state index in [1.165, 1.54) is 6.07 Å². The number of carbonyl (C=O) groups is 2. The molecule has 0 aromatic carbocycles. The highest BCUT2D eigenvalue weighted by Crippen LogP contribution is 2.16. The standard InChI is InChI=1S/C9H12N2O3S2.C2HF3O2/c12-9(7-3-1-5-10-7)11-16(13,14)8-4-2-6-15-8;3-2(4,5)1(6)7/h2,4,6-7,10H,1,3,5H2,(H,11,12);(H,6,7). The third-order valence-electron chi connectivity index (χ3n) is 2.61. The number of sulfonamides is 1. The number of halogens is 3. The number of carboxylic acid groups (broad SMARTS) is 1. The van der Waals surface area contributed by atoms with Crippen LogP contribution in [0.2, 0.25) is 0 Å². The van der Waals surface area contributed by atoms with Gasteiger partial charge >= 0.3 is 12.1 Å². The van der Waals surface area contributed by atoms with Gasteiger partial charge in [-0.1, -0.05) is 6.07 Å². The molecular formula is C11H13F3N2O5S2. The van der Waals surface area contributed by atoms with Gasteiger partial charge in [-0.25, -0.2) is 17.9 Å². The van der Waals surface area contributed by atoms with E-state index in [2.05, 4.69) is 10.0 Å². The van der Waals surface area contributed by atoms with Crippen LogP contribution in [0.25, 0.3) is 0 Å². The maximum atomic E-state index is 11.7. The SMILES string of the molecule is O=C(NS(=O)(=O)c1cccs1)C1CCCN1.O=C(O)C(F)(F)F. The highest BCUT2D eigenvalue weighted by Gasteiger charge is 2.38. The van der Waals surface area contributed by atoms with E-state index < -0.39 is 28.1 Å². The zero-order valence-electron chi connectivity index (χ0n) is 11.5. The molecule has 1 aliphatic heterocycles. The molecular weight excluding hydrogens is 361 g/mol. The molecule has 0 aliphatic carbocycles. The summed E-state index contributed by atoms with van der Waals surface area (Å²) in [5.74, 6) is -3.22. The lowest BCUT2D eigenvalue weighted by atomic mass is 10.2. The second-order valence-corrected chi connectivity index (χ2v) is 7.21. The number of aliphatic carboxylic acids is 1. The molecule has 23 heavy (non-hydrogen) atoms. The van der Waals surface area contributed by atoms with Crippen molar-refractivity contribution in [2.45, 2.75) is 29.3 Å². The highest BCUT2D eigenvalue weighted by atomic mass is 32.2. The summed E-state index contributed by atoms with van der Waals surface area (Å²) in [7, 11) is -3.67. The molecule has 2 heterocycles. The lowest BCUT2D eigenvalue weighted by molar-refractivity contribution is -0.192. The Kier molecular flexibility index (Phi) is 6.53. The second-order valence-electron chi connectivity index (χ2n) is 4.35. The van der Waals surface area contributed by atoms with E-state index >= 15 is 0 Å². The Hall–Kier alpha value is -1.66. The van der Waals surface area contributed by atoms with Crippen LogP contribution in [0.4, 0.5) is 13.2 Å². The number of hydrogen-bond donors (Lipinski definition) is 3. The number of carbonyl (C=O) groups excluding carboxylic acids is 1. The molecule has 0 bridgehead atoms. The van der Waals surface area contributed by atoms with E-state index in [9.17, 15) is 26.4 Å². The van der Waals surface area contributed by atoms with Gasteiger partial charge in [0.25, 0.3) is 15.9 Å². The molecule has 1 fully saturated rings. The summed E-state index contributed by atoms with van der Waals surface area (Å²) in [6.07, 6.45) is -3.50. The molecule has 0 radical (unpaired) electrons. The zero-order valence-corrected chi connectivity index (χ0v) is 13.1. The second kappa shape index (κ2) is 7.75. The first kappa shape index (κ1) is 19.4. The van der Waals surface area contributed by atoms with Gasteiger partial charge in [0.2, 0.25) is 0 Å². The fraction of sp³-hybridized carbons (Fsp3) is 0.455. The first-order valence-corrected chi connectivity index (χ1v) is 8.54. The summed E-state index contributed by atoms with van der Waals surface area (Å²) in [5, 5.41) is 11.7. The Bertz CT molecular complexity index is 637. The van der Waals surface area contributed by atoms with Crippen molar-refractivity contribution < 1.29 is 36.3 Å². The molecule has 1 aromatic rings. The van der Waals surface area contributed by atoms with Gasteiger partial charge in [-0.2, -0.15) is 13.2 Å². The summed E-state index contributed by atoms with van der Waals surface area (Å²) >= 11 is 1.09. The first-order valence-electron chi connectivity index (χ1n) is 6.17. The van der Waals surface area contributed by atoms with Crippen molar-refractivity contribution in [3.63, 3.8) is 0 Å². The summed E-state index contributed by atoms with van der Waals surface area (Å²) in [6, 6.07) is 2.73. The van der Waals surface area contributed by atoms with Crippen LogP contribution in [0.15, 0.2) is 21.7 Å². The van der Waals surface area contributed by atoms with Crippen molar-refractivity contribution in [1.82, 2.24) is 10.0 Å². The lowest BCUT2D eigenvalue weighted by Gasteiger charge is -2.10. The molecule has 7 nitrogen and oxygen atoms in total. The molecule has 0 saturated carbocycles. The monoisotopic (exact) mass is 374 g/mol. The summed E-state index contributed by atoms with van der Waals surface area (Å²) < 4.78 is 57.4. The largest absolute Gasteiger partial charge is 0.490 e. The van der Waals surface area contributed by atoms with Gasteiger partial charge in [-0.05, 0) is 30.8 Å². The van der Waals surface area contributed by atoms with E-state index in [0.717, 1.165) is 24.3 Å². The average Bonchev–Trinajstić information content (AvgIpc) is 3.12. The number of nitrogens with one attached hydrogen (secondary N) is 2. The third kappa shape index (κ3) is 6.15. The van der Waals surface area contributed by atoms with Crippen LogP contribution in [0.5, 0.6) is 0 Å². The van der Waals surface area contributed by atoms with Gasteiger partial charge in [0.15, 0.2) is 0 Å². The van der Waals surface area contributed by atoms with E-state index in [0.29, 0.717) is 6.42 Å². The lowest BCUT2D eigenvalue weighted by Crippen LogP contribution is -2.42. The van der Waals surface area contributed by atoms with Crippen molar-refractivity contribution in [3.05, 3.63) is 17.5 Å². The van der Waals surface area contributed by atoms with Crippen molar-refractivity contribution in [2.75, 3.05) is 6.54 Å². The van der Waals surface area contributed by atoms with Crippen molar-refractivity contribution in [2.24, 2.45) is 0 Å². The highest BCUT2D eigenvalue weighted by molar-refractivity contribution is 7.92. The van der Waals surface area contributed by atoms with Crippen LogP contribution < -0.4 is 10.0 Å². The number of alkyl halides is 3. The topological polar surface area (TPSA) is 113 Å². The van der Waals surface area contributed by atoms with Gasteiger partial charge in [-0.15, -0.1) is 11.3 Å². The molecule has 12 heteroatoms. The molecule has 1 amide bonds. The molecule has 0 spiro atoms. The molecule has 1 aromatic heterocycles. The maximum Gasteiger partial charge on any atom is 0.490 e. The fourth-order valence-corrected chi connectivity index (χ4v) is 3.59. The van der Waals surface area contributed by atoms with Crippen molar-refractivity contribution in [3.8, 4) is 0 Å². The average molecular weight is 374 g/mol. The van der Waals surface area contributed by atoms with Gasteiger partial charge in [0.1, 0.15) is 4.21 Å². The molecule has 1 aliphatic rings.